The molecule has 4 nitrogen and oxygen atoms in total. The van der Waals surface area contributed by atoms with Crippen LogP contribution in [0.4, 0.5) is 0 Å². The third kappa shape index (κ3) is 2.50. The van der Waals surface area contributed by atoms with Crippen LogP contribution in [0.3, 0.4) is 0 Å². The standard InChI is InChI=1S/C15H14N2O2S/c1-11-8-20-14-13(11)16-9-17(15(14)18)10-19-7-12-5-3-2-4-6-12/h2-6,8-9H,7,10H2,1H3. The first-order valence-corrected chi connectivity index (χ1v) is 7.18. The third-order valence-corrected chi connectivity index (χ3v) is 4.14. The first-order valence-electron chi connectivity index (χ1n) is 6.30. The van der Waals surface area contributed by atoms with E-state index < -0.39 is 0 Å². The predicted octanol–water partition coefficient (Wildman–Crippen LogP) is 2.94. The van der Waals surface area contributed by atoms with Gasteiger partial charge in [-0.15, -0.1) is 11.3 Å². The Morgan fingerprint density at radius 2 is 2.10 bits per heavy atom. The average molecular weight is 286 g/mol. The van der Waals surface area contributed by atoms with Crippen molar-refractivity contribution in [2.24, 2.45) is 0 Å². The van der Waals surface area contributed by atoms with Gasteiger partial charge in [-0.1, -0.05) is 30.3 Å². The number of hydrogen-bond donors (Lipinski definition) is 0. The topological polar surface area (TPSA) is 44.1 Å². The number of thiophene rings is 1. The minimum Gasteiger partial charge on any atom is -0.356 e. The van der Waals surface area contributed by atoms with Gasteiger partial charge in [-0.05, 0) is 23.4 Å². The van der Waals surface area contributed by atoms with Crippen molar-refractivity contribution in [1.29, 1.82) is 0 Å². The zero-order chi connectivity index (χ0) is 13.9. The van der Waals surface area contributed by atoms with E-state index in [1.165, 1.54) is 15.9 Å². The Bertz CT molecular complexity index is 777. The maximum Gasteiger partial charge on any atom is 0.273 e. The van der Waals surface area contributed by atoms with Gasteiger partial charge in [-0.25, -0.2) is 4.98 Å². The van der Waals surface area contributed by atoms with Crippen molar-refractivity contribution in [2.75, 3.05) is 0 Å². The number of fused-ring (bicyclic) bond motifs is 1. The fraction of sp³-hybridized carbons (Fsp3) is 0.200. The van der Waals surface area contributed by atoms with Crippen molar-refractivity contribution in [3.05, 3.63) is 63.5 Å². The van der Waals surface area contributed by atoms with Crippen LogP contribution in [0.5, 0.6) is 0 Å². The van der Waals surface area contributed by atoms with Gasteiger partial charge in [0, 0.05) is 0 Å². The van der Waals surface area contributed by atoms with E-state index in [0.29, 0.717) is 11.3 Å². The first-order chi connectivity index (χ1) is 9.75. The van der Waals surface area contributed by atoms with Crippen LogP contribution in [-0.4, -0.2) is 9.55 Å². The molecule has 0 atom stereocenters. The molecule has 0 aliphatic rings. The molecule has 102 valence electrons. The number of rotatable bonds is 4. The lowest BCUT2D eigenvalue weighted by Gasteiger charge is -2.07. The molecular weight excluding hydrogens is 272 g/mol. The van der Waals surface area contributed by atoms with Gasteiger partial charge >= 0.3 is 0 Å². The molecule has 0 N–H and O–H groups in total. The Kier molecular flexibility index (Phi) is 3.62. The number of aromatic nitrogens is 2. The Morgan fingerprint density at radius 3 is 2.90 bits per heavy atom. The molecular formula is C15H14N2O2S. The van der Waals surface area contributed by atoms with E-state index in [9.17, 15) is 4.79 Å². The lowest BCUT2D eigenvalue weighted by Crippen LogP contribution is -2.21. The van der Waals surface area contributed by atoms with Crippen molar-refractivity contribution in [3.63, 3.8) is 0 Å². The Hall–Kier alpha value is -1.98. The lowest BCUT2D eigenvalue weighted by atomic mass is 10.2. The second-order valence-electron chi connectivity index (χ2n) is 4.58. The molecule has 0 unspecified atom stereocenters. The van der Waals surface area contributed by atoms with Gasteiger partial charge in [0.25, 0.3) is 5.56 Å². The number of hydrogen-bond acceptors (Lipinski definition) is 4. The molecule has 0 amide bonds. The highest BCUT2D eigenvalue weighted by molar-refractivity contribution is 7.17. The summed E-state index contributed by atoms with van der Waals surface area (Å²) in [4.78, 5) is 16.6. The highest BCUT2D eigenvalue weighted by Gasteiger charge is 2.08. The summed E-state index contributed by atoms with van der Waals surface area (Å²) in [6, 6.07) is 9.88. The van der Waals surface area contributed by atoms with Crippen molar-refractivity contribution >= 4 is 21.6 Å². The highest BCUT2D eigenvalue weighted by atomic mass is 32.1. The molecule has 0 aliphatic heterocycles. The molecule has 2 aromatic heterocycles. The van der Waals surface area contributed by atoms with Crippen molar-refractivity contribution in [2.45, 2.75) is 20.3 Å². The molecule has 20 heavy (non-hydrogen) atoms. The van der Waals surface area contributed by atoms with Gasteiger partial charge in [0.15, 0.2) is 0 Å². The molecule has 2 heterocycles. The fourth-order valence-electron chi connectivity index (χ4n) is 1.99. The monoisotopic (exact) mass is 286 g/mol. The molecule has 0 saturated heterocycles. The Balaban J connectivity index is 1.75. The number of ether oxygens (including phenoxy) is 1. The third-order valence-electron chi connectivity index (χ3n) is 3.07. The molecule has 0 saturated carbocycles. The van der Waals surface area contributed by atoms with Crippen LogP contribution >= 0.6 is 11.3 Å². The van der Waals surface area contributed by atoms with Gasteiger partial charge in [0.2, 0.25) is 0 Å². The van der Waals surface area contributed by atoms with Crippen molar-refractivity contribution in [1.82, 2.24) is 9.55 Å². The van der Waals surface area contributed by atoms with Crippen molar-refractivity contribution < 1.29 is 4.74 Å². The van der Waals surface area contributed by atoms with Gasteiger partial charge in [0.1, 0.15) is 17.8 Å². The smallest absolute Gasteiger partial charge is 0.273 e. The quantitative estimate of drug-likeness (QED) is 0.740. The van der Waals surface area contributed by atoms with Crippen LogP contribution in [0.15, 0.2) is 46.8 Å². The van der Waals surface area contributed by atoms with Crippen LogP contribution in [-0.2, 0) is 18.1 Å². The minimum atomic E-state index is -0.0406. The van der Waals surface area contributed by atoms with Gasteiger partial charge in [-0.3, -0.25) is 9.36 Å². The summed E-state index contributed by atoms with van der Waals surface area (Å²) in [6.45, 7) is 2.66. The molecule has 0 aliphatic carbocycles. The molecule has 0 fully saturated rings. The minimum absolute atomic E-state index is 0.0406. The first kappa shape index (κ1) is 13.0. The molecule has 0 bridgehead atoms. The normalized spacial score (nSPS) is 11.1. The predicted molar refractivity (Wildman–Crippen MR) is 79.8 cm³/mol. The maximum atomic E-state index is 12.2. The molecule has 5 heteroatoms. The number of aryl methyl sites for hydroxylation is 1. The van der Waals surface area contributed by atoms with E-state index in [4.69, 9.17) is 4.74 Å². The van der Waals surface area contributed by atoms with Gasteiger partial charge in [-0.2, -0.15) is 0 Å². The SMILES string of the molecule is Cc1csc2c(=O)n(COCc3ccccc3)cnc12. The van der Waals surface area contributed by atoms with E-state index >= 15 is 0 Å². The van der Waals surface area contributed by atoms with E-state index in [1.54, 1.807) is 6.33 Å². The van der Waals surface area contributed by atoms with Crippen LogP contribution in [0, 0.1) is 6.92 Å². The zero-order valence-corrected chi connectivity index (χ0v) is 11.9. The van der Waals surface area contributed by atoms with Crippen LogP contribution in [0.25, 0.3) is 10.2 Å². The second-order valence-corrected chi connectivity index (χ2v) is 5.46. The Morgan fingerprint density at radius 1 is 1.30 bits per heavy atom. The van der Waals surface area contributed by atoms with Crippen molar-refractivity contribution in [3.8, 4) is 0 Å². The van der Waals surface area contributed by atoms with E-state index in [0.717, 1.165) is 16.6 Å². The summed E-state index contributed by atoms with van der Waals surface area (Å²) in [7, 11) is 0. The molecule has 0 radical (unpaired) electrons. The van der Waals surface area contributed by atoms with Crippen LogP contribution in [0.2, 0.25) is 0 Å². The molecule has 3 aromatic rings. The summed E-state index contributed by atoms with van der Waals surface area (Å²) in [5.41, 5.74) is 2.88. The highest BCUT2D eigenvalue weighted by Crippen LogP contribution is 2.19. The Labute approximate surface area is 120 Å². The average Bonchev–Trinajstić information content (AvgIpc) is 2.85. The summed E-state index contributed by atoms with van der Waals surface area (Å²) in [6.07, 6.45) is 1.55. The molecule has 1 aromatic carbocycles. The fourth-order valence-corrected chi connectivity index (χ4v) is 2.94. The zero-order valence-electron chi connectivity index (χ0n) is 11.1. The number of nitrogens with zero attached hydrogens (tertiary/aromatic N) is 2. The summed E-state index contributed by atoms with van der Waals surface area (Å²) < 4.78 is 7.76. The van der Waals surface area contributed by atoms with E-state index in [2.05, 4.69) is 4.98 Å². The van der Waals surface area contributed by atoms with E-state index in [-0.39, 0.29) is 12.3 Å². The lowest BCUT2D eigenvalue weighted by molar-refractivity contribution is 0.0615. The van der Waals surface area contributed by atoms with E-state index in [1.807, 2.05) is 42.6 Å². The summed E-state index contributed by atoms with van der Waals surface area (Å²) in [5, 5.41) is 1.95. The van der Waals surface area contributed by atoms with Crippen LogP contribution < -0.4 is 5.56 Å². The van der Waals surface area contributed by atoms with Gasteiger partial charge in [0.05, 0.1) is 12.1 Å². The molecule has 0 spiro atoms. The largest absolute Gasteiger partial charge is 0.356 e. The summed E-state index contributed by atoms with van der Waals surface area (Å²) in [5.74, 6) is 0. The maximum absolute atomic E-state index is 12.2. The van der Waals surface area contributed by atoms with Gasteiger partial charge < -0.3 is 4.74 Å². The number of benzene rings is 1. The second kappa shape index (κ2) is 5.56. The molecule has 3 rings (SSSR count). The van der Waals surface area contributed by atoms with Crippen LogP contribution in [0.1, 0.15) is 11.1 Å². The summed E-state index contributed by atoms with van der Waals surface area (Å²) >= 11 is 1.43.